The predicted octanol–water partition coefficient (Wildman–Crippen LogP) is 6.77. The van der Waals surface area contributed by atoms with Crippen molar-refractivity contribution in [3.63, 3.8) is 0 Å². The molecule has 15 heteroatoms. The molecule has 0 fully saturated rings. The number of amides is 1. The molecule has 13 nitrogen and oxygen atoms in total. The van der Waals surface area contributed by atoms with Crippen molar-refractivity contribution >= 4 is 66.2 Å². The molecular weight excluding hydrogens is 677 g/mol. The molecule has 0 aliphatic carbocycles. The van der Waals surface area contributed by atoms with Gasteiger partial charge in [-0.2, -0.15) is 10.1 Å². The first-order chi connectivity index (χ1) is 24.5. The second kappa shape index (κ2) is 13.5. The number of ether oxygens (including phenoxy) is 2. The second-order valence-corrected chi connectivity index (χ2v) is 13.5. The molecule has 8 rings (SSSR count). The summed E-state index contributed by atoms with van der Waals surface area (Å²) < 4.78 is 13.9. The van der Waals surface area contributed by atoms with Gasteiger partial charge < -0.3 is 19.5 Å². The Kier molecular flexibility index (Phi) is 8.48. The van der Waals surface area contributed by atoms with Crippen molar-refractivity contribution in [1.82, 2.24) is 29.7 Å². The lowest BCUT2D eigenvalue weighted by Gasteiger charge is -2.29. The number of carboxylic acid groups (broad SMARTS) is 1. The fourth-order valence-corrected chi connectivity index (χ4v) is 7.84. The van der Waals surface area contributed by atoms with Gasteiger partial charge in [-0.25, -0.2) is 24.4 Å². The molecule has 250 valence electrons. The van der Waals surface area contributed by atoms with E-state index in [1.54, 1.807) is 17.1 Å². The fourth-order valence-electron chi connectivity index (χ4n) is 5.92. The molecular formula is C35H28N8O5S2. The first-order valence-corrected chi connectivity index (χ1v) is 17.4. The van der Waals surface area contributed by atoms with Gasteiger partial charge in [-0.1, -0.05) is 53.0 Å². The number of benzene rings is 3. The highest BCUT2D eigenvalue weighted by Crippen LogP contribution is 2.36. The number of para-hydroxylation sites is 1. The topological polar surface area (TPSA) is 157 Å². The lowest BCUT2D eigenvalue weighted by molar-refractivity contribution is 0.102. The molecule has 0 spiro atoms. The zero-order chi connectivity index (χ0) is 34.0. The SMILES string of the molecule is O=C(O)Oc1nc(N2CCc3cccc(C(=O)Nc4nc5ccccc5s4)c3C2)sc1CCCOc1cccc(-n2ncc3cncnc32)c1. The Balaban J connectivity index is 0.946. The number of nitrogens with zero attached hydrogens (tertiary/aromatic N) is 7. The summed E-state index contributed by atoms with van der Waals surface area (Å²) in [5.74, 6) is 0.511. The van der Waals surface area contributed by atoms with Crippen LogP contribution in [0.2, 0.25) is 0 Å². The Morgan fingerprint density at radius 2 is 1.90 bits per heavy atom. The summed E-state index contributed by atoms with van der Waals surface area (Å²) in [4.78, 5) is 45.3. The third-order valence-corrected chi connectivity index (χ3v) is 10.4. The number of carbonyl (C=O) groups excluding carboxylic acids is 1. The summed E-state index contributed by atoms with van der Waals surface area (Å²) in [6.45, 7) is 1.48. The van der Waals surface area contributed by atoms with Gasteiger partial charge in [0.05, 0.1) is 39.0 Å². The first kappa shape index (κ1) is 31.3. The lowest BCUT2D eigenvalue weighted by atomic mass is 9.94. The summed E-state index contributed by atoms with van der Waals surface area (Å²) in [6.07, 6.45) is 5.29. The highest BCUT2D eigenvalue weighted by Gasteiger charge is 2.26. The average Bonchev–Trinajstić information content (AvgIpc) is 3.86. The summed E-state index contributed by atoms with van der Waals surface area (Å²) >= 11 is 2.82. The van der Waals surface area contributed by atoms with Crippen LogP contribution in [0, 0.1) is 0 Å². The van der Waals surface area contributed by atoms with Gasteiger partial charge in [-0.05, 0) is 60.7 Å². The lowest BCUT2D eigenvalue weighted by Crippen LogP contribution is -2.32. The number of thiazole rings is 2. The summed E-state index contributed by atoms with van der Waals surface area (Å²) in [7, 11) is 0. The van der Waals surface area contributed by atoms with Gasteiger partial charge in [0, 0.05) is 30.9 Å². The zero-order valence-corrected chi connectivity index (χ0v) is 28.0. The Labute approximate surface area is 292 Å². The van der Waals surface area contributed by atoms with E-state index in [2.05, 4.69) is 35.3 Å². The van der Waals surface area contributed by atoms with Gasteiger partial charge in [0.25, 0.3) is 5.91 Å². The molecule has 4 aromatic heterocycles. The van der Waals surface area contributed by atoms with Crippen LogP contribution in [0.5, 0.6) is 11.6 Å². The van der Waals surface area contributed by atoms with Gasteiger partial charge in [0.1, 0.15) is 12.1 Å². The molecule has 0 bridgehead atoms. The zero-order valence-electron chi connectivity index (χ0n) is 26.4. The van der Waals surface area contributed by atoms with Gasteiger partial charge in [-0.15, -0.1) is 0 Å². The van der Waals surface area contributed by atoms with Crippen LogP contribution in [-0.2, 0) is 19.4 Å². The molecule has 1 aliphatic rings. The molecule has 7 aromatic rings. The predicted molar refractivity (Wildman–Crippen MR) is 190 cm³/mol. The normalized spacial score (nSPS) is 12.6. The number of carbonyl (C=O) groups is 2. The number of rotatable bonds is 10. The fraction of sp³-hybridized carbons (Fsp3) is 0.171. The Morgan fingerprint density at radius 3 is 2.80 bits per heavy atom. The first-order valence-electron chi connectivity index (χ1n) is 15.8. The molecule has 5 heterocycles. The number of hydrogen-bond donors (Lipinski definition) is 2. The largest absolute Gasteiger partial charge is 0.512 e. The molecule has 0 saturated heterocycles. The average molecular weight is 705 g/mol. The van der Waals surface area contributed by atoms with Gasteiger partial charge in [0.15, 0.2) is 15.9 Å². The maximum atomic E-state index is 13.5. The van der Waals surface area contributed by atoms with E-state index < -0.39 is 6.16 Å². The highest BCUT2D eigenvalue weighted by molar-refractivity contribution is 7.22. The van der Waals surface area contributed by atoms with E-state index in [4.69, 9.17) is 9.47 Å². The van der Waals surface area contributed by atoms with Gasteiger partial charge in [-0.3, -0.25) is 10.1 Å². The molecule has 3 aromatic carbocycles. The highest BCUT2D eigenvalue weighted by atomic mass is 32.1. The van der Waals surface area contributed by atoms with E-state index in [-0.39, 0.29) is 11.8 Å². The van der Waals surface area contributed by atoms with Crippen LogP contribution in [0.1, 0.15) is 32.8 Å². The standard InChI is InChI=1S/C35H28N8O5S2/c44-31(40-33-39-27-10-1-2-11-28(27)49-33)25-9-3-6-21-13-14-42(19-26(21)25)34-41-32(48-35(45)46)29(50-34)12-5-15-47-24-8-4-7-23(16-24)43-30-22(18-38-43)17-36-20-37-30/h1-4,6-11,16-18,20H,5,12-15,19H2,(H,45,46)(H,39,40,44). The van der Waals surface area contributed by atoms with Crippen LogP contribution in [-0.4, -0.2) is 60.0 Å². The van der Waals surface area contributed by atoms with Crippen molar-refractivity contribution in [2.24, 2.45) is 0 Å². The van der Waals surface area contributed by atoms with Crippen LogP contribution in [0.25, 0.3) is 26.9 Å². The van der Waals surface area contributed by atoms with Crippen molar-refractivity contribution in [1.29, 1.82) is 0 Å². The van der Waals surface area contributed by atoms with Crippen LogP contribution < -0.4 is 19.7 Å². The molecule has 0 saturated carbocycles. The number of fused-ring (bicyclic) bond motifs is 3. The number of hydrogen-bond acceptors (Lipinski definition) is 12. The molecule has 0 unspecified atom stereocenters. The maximum absolute atomic E-state index is 13.5. The van der Waals surface area contributed by atoms with Crippen LogP contribution >= 0.6 is 22.7 Å². The molecule has 1 amide bonds. The third kappa shape index (κ3) is 6.43. The molecule has 50 heavy (non-hydrogen) atoms. The smallest absolute Gasteiger partial charge is 0.494 e. The number of aryl methyl sites for hydroxylation is 1. The van der Waals surface area contributed by atoms with E-state index in [0.717, 1.165) is 32.4 Å². The third-order valence-electron chi connectivity index (χ3n) is 8.25. The van der Waals surface area contributed by atoms with E-state index in [1.165, 1.54) is 29.0 Å². The second-order valence-electron chi connectivity index (χ2n) is 11.5. The Hall–Kier alpha value is -5.93. The summed E-state index contributed by atoms with van der Waals surface area (Å²) in [6, 6.07) is 21.1. The quantitative estimate of drug-likeness (QED) is 0.114. The van der Waals surface area contributed by atoms with Crippen molar-refractivity contribution in [3.05, 3.63) is 107 Å². The Morgan fingerprint density at radius 1 is 1.00 bits per heavy atom. The van der Waals surface area contributed by atoms with Crippen LogP contribution in [0.3, 0.4) is 0 Å². The number of anilines is 2. The number of nitrogens with one attached hydrogen (secondary N) is 1. The maximum Gasteiger partial charge on any atom is 0.512 e. The molecule has 0 atom stereocenters. The monoisotopic (exact) mass is 704 g/mol. The van der Waals surface area contributed by atoms with E-state index in [0.29, 0.717) is 71.1 Å². The minimum absolute atomic E-state index is 0.0692. The minimum atomic E-state index is -1.43. The minimum Gasteiger partial charge on any atom is -0.494 e. The molecule has 0 radical (unpaired) electrons. The molecule has 1 aliphatic heterocycles. The van der Waals surface area contributed by atoms with Crippen LogP contribution in [0.15, 0.2) is 85.5 Å². The van der Waals surface area contributed by atoms with Crippen molar-refractivity contribution in [3.8, 4) is 17.3 Å². The summed E-state index contributed by atoms with van der Waals surface area (Å²) in [5.41, 5.74) is 4.91. The van der Waals surface area contributed by atoms with Crippen molar-refractivity contribution < 1.29 is 24.2 Å². The van der Waals surface area contributed by atoms with Crippen molar-refractivity contribution in [2.45, 2.75) is 25.8 Å². The van der Waals surface area contributed by atoms with Gasteiger partial charge >= 0.3 is 6.16 Å². The Bertz CT molecular complexity index is 2340. The van der Waals surface area contributed by atoms with E-state index in [1.807, 2.05) is 66.7 Å². The van der Waals surface area contributed by atoms with E-state index >= 15 is 0 Å². The summed E-state index contributed by atoms with van der Waals surface area (Å²) in [5, 5.41) is 18.9. The van der Waals surface area contributed by atoms with E-state index in [9.17, 15) is 14.7 Å². The van der Waals surface area contributed by atoms with Crippen molar-refractivity contribution in [2.75, 3.05) is 23.4 Å². The van der Waals surface area contributed by atoms with Gasteiger partial charge in [0.2, 0.25) is 5.88 Å². The molecule has 2 N–H and O–H groups in total. The van der Waals surface area contributed by atoms with Crippen LogP contribution in [0.4, 0.5) is 15.1 Å². The number of aromatic nitrogens is 6.